The monoisotopic (exact) mass is 399 g/mol. The molecule has 0 fully saturated rings. The van der Waals surface area contributed by atoms with Crippen LogP contribution in [0.1, 0.15) is 36.6 Å². The lowest BCUT2D eigenvalue weighted by molar-refractivity contribution is -0.384. The van der Waals surface area contributed by atoms with E-state index in [0.29, 0.717) is 5.56 Å². The van der Waals surface area contributed by atoms with Crippen molar-refractivity contribution in [3.05, 3.63) is 117 Å². The number of Topliss-reactive ketones (excluding diaryl/α,β-unsaturated/α-hetero) is 2. The number of hydrogen-bond donors (Lipinski definition) is 0. The van der Waals surface area contributed by atoms with Gasteiger partial charge in [0.05, 0.1) is 16.1 Å². The minimum atomic E-state index is -0.970. The molecule has 1 aliphatic carbocycles. The highest BCUT2D eigenvalue weighted by Crippen LogP contribution is 2.33. The first-order valence-corrected chi connectivity index (χ1v) is 8.92. The quantitative estimate of drug-likeness (QED) is 0.369. The zero-order valence-corrected chi connectivity index (χ0v) is 15.4. The van der Waals surface area contributed by atoms with Crippen molar-refractivity contribution < 1.29 is 24.0 Å². The number of nitro benzene ring substituents is 1. The lowest BCUT2D eigenvalue weighted by Gasteiger charge is -2.20. The largest absolute Gasteiger partial charge is 0.418 e. The van der Waals surface area contributed by atoms with E-state index < -0.39 is 28.2 Å². The van der Waals surface area contributed by atoms with E-state index in [1.807, 2.05) is 0 Å². The summed E-state index contributed by atoms with van der Waals surface area (Å²) in [5.74, 6) is -2.43. The molecule has 146 valence electrons. The van der Waals surface area contributed by atoms with Gasteiger partial charge in [0, 0.05) is 23.3 Å². The van der Waals surface area contributed by atoms with Gasteiger partial charge in [0.15, 0.2) is 11.5 Å². The average Bonchev–Trinajstić information content (AvgIpc) is 2.78. The number of ketones is 2. The van der Waals surface area contributed by atoms with Crippen LogP contribution in [0.4, 0.5) is 5.69 Å². The van der Waals surface area contributed by atoms with E-state index >= 15 is 0 Å². The van der Waals surface area contributed by atoms with E-state index in [2.05, 4.69) is 0 Å². The molecule has 4 rings (SSSR count). The van der Waals surface area contributed by atoms with Crippen molar-refractivity contribution in [2.75, 3.05) is 0 Å². The van der Waals surface area contributed by atoms with Crippen LogP contribution >= 0.6 is 0 Å². The smallest absolute Gasteiger partial charge is 0.343 e. The highest BCUT2D eigenvalue weighted by molar-refractivity contribution is 6.40. The van der Waals surface area contributed by atoms with E-state index in [0.717, 1.165) is 6.07 Å². The molecule has 0 saturated heterocycles. The summed E-state index contributed by atoms with van der Waals surface area (Å²) in [7, 11) is 0. The van der Waals surface area contributed by atoms with E-state index in [1.165, 1.54) is 30.3 Å². The Morgan fingerprint density at radius 1 is 0.800 bits per heavy atom. The molecular formula is C23H13NO6. The number of fused-ring (bicyclic) bond motifs is 1. The van der Waals surface area contributed by atoms with Crippen molar-refractivity contribution in [2.24, 2.45) is 0 Å². The molecule has 0 saturated carbocycles. The number of rotatable bonds is 4. The average molecular weight is 399 g/mol. The van der Waals surface area contributed by atoms with Gasteiger partial charge in [-0.3, -0.25) is 19.7 Å². The Balaban J connectivity index is 1.83. The Labute approximate surface area is 170 Å². The fourth-order valence-corrected chi connectivity index (χ4v) is 3.22. The zero-order chi connectivity index (χ0) is 21.3. The molecule has 0 atom stereocenters. The van der Waals surface area contributed by atoms with E-state index in [-0.39, 0.29) is 28.0 Å². The second kappa shape index (κ2) is 7.56. The van der Waals surface area contributed by atoms with Gasteiger partial charge < -0.3 is 4.74 Å². The van der Waals surface area contributed by atoms with Gasteiger partial charge in [-0.2, -0.15) is 0 Å². The van der Waals surface area contributed by atoms with Gasteiger partial charge in [-0.05, 0) is 11.6 Å². The van der Waals surface area contributed by atoms with Crippen molar-refractivity contribution in [3.63, 3.8) is 0 Å². The first-order valence-electron chi connectivity index (χ1n) is 8.92. The number of esters is 1. The summed E-state index contributed by atoms with van der Waals surface area (Å²) >= 11 is 0. The van der Waals surface area contributed by atoms with Crippen LogP contribution < -0.4 is 0 Å². The van der Waals surface area contributed by atoms with Crippen LogP contribution in [0.2, 0.25) is 0 Å². The van der Waals surface area contributed by atoms with Crippen LogP contribution in [0.15, 0.2) is 84.6 Å². The van der Waals surface area contributed by atoms with Crippen LogP contribution in [-0.4, -0.2) is 22.5 Å². The van der Waals surface area contributed by atoms with Crippen molar-refractivity contribution in [2.45, 2.75) is 0 Å². The number of non-ortho nitro benzene ring substituents is 1. The molecule has 0 aliphatic heterocycles. The molecular weight excluding hydrogens is 386 g/mol. The van der Waals surface area contributed by atoms with E-state index in [4.69, 9.17) is 4.74 Å². The summed E-state index contributed by atoms with van der Waals surface area (Å²) in [5, 5.41) is 11.0. The fourth-order valence-electron chi connectivity index (χ4n) is 3.22. The van der Waals surface area contributed by atoms with Gasteiger partial charge in [-0.1, -0.05) is 60.7 Å². The molecule has 30 heavy (non-hydrogen) atoms. The summed E-state index contributed by atoms with van der Waals surface area (Å²) in [5.41, 5.74) is 0.340. The van der Waals surface area contributed by atoms with Crippen molar-refractivity contribution in [3.8, 4) is 0 Å². The number of allylic oxidation sites excluding steroid dienone is 2. The van der Waals surface area contributed by atoms with Crippen LogP contribution in [-0.2, 0) is 4.74 Å². The standard InChI is InChI=1S/C23H13NO6/c25-20-17-11-4-5-12-18(17)21(26)22(19(20)14-7-2-1-3-8-14)30-23(27)15-9-6-10-16(13-15)24(28)29/h1-13H. The molecule has 0 unspecified atom stereocenters. The molecule has 0 bridgehead atoms. The number of carbonyl (C=O) groups is 3. The summed E-state index contributed by atoms with van der Waals surface area (Å²) in [6.07, 6.45) is 0. The van der Waals surface area contributed by atoms with Gasteiger partial charge in [-0.25, -0.2) is 4.79 Å². The maximum Gasteiger partial charge on any atom is 0.343 e. The predicted molar refractivity (Wildman–Crippen MR) is 107 cm³/mol. The number of hydrogen-bond acceptors (Lipinski definition) is 6. The number of ether oxygens (including phenoxy) is 1. The van der Waals surface area contributed by atoms with Crippen molar-refractivity contribution in [1.29, 1.82) is 0 Å². The normalized spacial score (nSPS) is 13.1. The highest BCUT2D eigenvalue weighted by Gasteiger charge is 2.35. The SMILES string of the molecule is O=C(OC1=C(c2ccccc2)C(=O)c2ccccc2C1=O)c1cccc([N+](=O)[O-])c1. The van der Waals surface area contributed by atoms with Crippen molar-refractivity contribution in [1.82, 2.24) is 0 Å². The Morgan fingerprint density at radius 3 is 2.10 bits per heavy atom. The molecule has 1 aliphatic rings. The molecule has 7 heteroatoms. The minimum Gasteiger partial charge on any atom is -0.418 e. The third-order valence-corrected chi connectivity index (χ3v) is 4.63. The summed E-state index contributed by atoms with van der Waals surface area (Å²) in [6.45, 7) is 0. The molecule has 0 amide bonds. The Bertz CT molecular complexity index is 1240. The van der Waals surface area contributed by atoms with Gasteiger partial charge in [0.1, 0.15) is 0 Å². The maximum absolute atomic E-state index is 13.1. The van der Waals surface area contributed by atoms with E-state index in [1.54, 1.807) is 42.5 Å². The maximum atomic E-state index is 13.1. The van der Waals surface area contributed by atoms with Crippen LogP contribution in [0, 0.1) is 10.1 Å². The fraction of sp³-hybridized carbons (Fsp3) is 0. The van der Waals surface area contributed by atoms with Gasteiger partial charge >= 0.3 is 5.97 Å². The van der Waals surface area contributed by atoms with Crippen LogP contribution in [0.3, 0.4) is 0 Å². The lowest BCUT2D eigenvalue weighted by Crippen LogP contribution is -2.24. The third-order valence-electron chi connectivity index (χ3n) is 4.63. The van der Waals surface area contributed by atoms with Gasteiger partial charge in [0.25, 0.3) is 5.69 Å². The second-order valence-electron chi connectivity index (χ2n) is 6.47. The first-order chi connectivity index (χ1) is 14.5. The number of nitrogens with zero attached hydrogens (tertiary/aromatic N) is 1. The summed E-state index contributed by atoms with van der Waals surface area (Å²) in [6, 6.07) is 19.6. The molecule has 0 spiro atoms. The third kappa shape index (κ3) is 3.29. The second-order valence-corrected chi connectivity index (χ2v) is 6.47. The van der Waals surface area contributed by atoms with E-state index in [9.17, 15) is 24.5 Å². The Morgan fingerprint density at radius 2 is 1.43 bits per heavy atom. The topological polar surface area (TPSA) is 104 Å². The highest BCUT2D eigenvalue weighted by atomic mass is 16.6. The summed E-state index contributed by atoms with van der Waals surface area (Å²) < 4.78 is 5.37. The molecule has 0 N–H and O–H groups in total. The first kappa shape index (κ1) is 18.9. The van der Waals surface area contributed by atoms with Crippen LogP contribution in [0.5, 0.6) is 0 Å². The van der Waals surface area contributed by atoms with Crippen molar-refractivity contribution >= 4 is 28.8 Å². The molecule has 7 nitrogen and oxygen atoms in total. The lowest BCUT2D eigenvalue weighted by atomic mass is 9.85. The Hall–Kier alpha value is -4.39. The molecule has 3 aromatic carbocycles. The van der Waals surface area contributed by atoms with Gasteiger partial charge in [0.2, 0.25) is 5.78 Å². The summed E-state index contributed by atoms with van der Waals surface area (Å²) in [4.78, 5) is 49.3. The molecule has 0 aromatic heterocycles. The molecule has 0 heterocycles. The Kier molecular flexibility index (Phi) is 4.77. The number of nitro groups is 1. The van der Waals surface area contributed by atoms with Crippen LogP contribution in [0.25, 0.3) is 5.57 Å². The zero-order valence-electron chi connectivity index (χ0n) is 15.4. The number of carbonyl (C=O) groups excluding carboxylic acids is 3. The van der Waals surface area contributed by atoms with Gasteiger partial charge in [-0.15, -0.1) is 0 Å². The number of benzene rings is 3. The predicted octanol–water partition coefficient (Wildman–Crippen LogP) is 4.24. The molecule has 0 radical (unpaired) electrons. The minimum absolute atomic E-state index is 0.0296. The molecule has 3 aromatic rings.